The van der Waals surface area contributed by atoms with Gasteiger partial charge in [-0.05, 0) is 51.4 Å². The Balaban J connectivity index is 3.38. The molecule has 0 amide bonds. The summed E-state index contributed by atoms with van der Waals surface area (Å²) in [5.41, 5.74) is 0. The van der Waals surface area contributed by atoms with Gasteiger partial charge in [-0.1, -0.05) is 68.4 Å². The van der Waals surface area contributed by atoms with E-state index in [1.54, 1.807) is 0 Å². The van der Waals surface area contributed by atoms with Gasteiger partial charge >= 0.3 is 8.69 Å². The van der Waals surface area contributed by atoms with Gasteiger partial charge in [-0.3, -0.25) is 0 Å². The first-order valence-corrected chi connectivity index (χ1v) is 10.8. The summed E-state index contributed by atoms with van der Waals surface area (Å²) in [5.74, 6) is 0. The molecule has 0 rings (SSSR count). The third-order valence-corrected chi connectivity index (χ3v) is 4.20. The Morgan fingerprint density at radius 2 is 1.23 bits per heavy atom. The quantitative estimate of drug-likeness (QED) is 0.0787. The molecule has 0 aromatic rings. The fraction of sp³-hybridized carbons (Fsp3) is 0.619. The van der Waals surface area contributed by atoms with Gasteiger partial charge in [-0.2, -0.15) is 4.20 Å². The van der Waals surface area contributed by atoms with Crippen molar-refractivity contribution in [1.29, 1.82) is 0 Å². The van der Waals surface area contributed by atoms with Crippen LogP contribution >= 0.6 is 8.69 Å². The highest BCUT2D eigenvalue weighted by Crippen LogP contribution is 2.39. The lowest BCUT2D eigenvalue weighted by Crippen LogP contribution is -1.90. The molecule has 0 N–H and O–H groups in total. The van der Waals surface area contributed by atoms with E-state index >= 15 is 0 Å². The second-order valence-electron chi connectivity index (χ2n) is 5.87. The monoisotopic (exact) mass is 386 g/mol. The number of allylic oxidation sites excluding steroid dienone is 8. The fourth-order valence-electron chi connectivity index (χ4n) is 2.14. The highest BCUT2D eigenvalue weighted by molar-refractivity contribution is 7.41. The molecular weight excluding hydrogens is 350 g/mol. The molecule has 0 saturated carbocycles. The van der Waals surface area contributed by atoms with Gasteiger partial charge in [-0.25, -0.2) is 4.89 Å². The maximum Gasteiger partial charge on any atom is 0.403 e. The maximum absolute atomic E-state index is 12.8. The molecule has 0 heterocycles. The molecule has 1 atom stereocenters. The second-order valence-corrected chi connectivity index (χ2v) is 6.70. The number of rotatable bonds is 18. The van der Waals surface area contributed by atoms with E-state index in [0.717, 1.165) is 38.5 Å². The number of unbranched alkanes of at least 4 members (excludes halogenated alkanes) is 5. The van der Waals surface area contributed by atoms with Gasteiger partial charge in [0.05, 0.1) is 13.7 Å². The second kappa shape index (κ2) is 22.2. The van der Waals surface area contributed by atoms with Gasteiger partial charge in [0, 0.05) is 0 Å². The van der Waals surface area contributed by atoms with E-state index in [2.05, 4.69) is 65.1 Å². The van der Waals surface area contributed by atoms with Crippen molar-refractivity contribution >= 4 is 8.69 Å². The molecule has 150 valence electrons. The Morgan fingerprint density at radius 3 is 1.73 bits per heavy atom. The van der Waals surface area contributed by atoms with E-state index in [1.807, 2.05) is 0 Å². The summed E-state index contributed by atoms with van der Waals surface area (Å²) in [4.78, 5) is 4.20. The summed E-state index contributed by atoms with van der Waals surface area (Å²) in [5, 5.41) is 0. The summed E-state index contributed by atoms with van der Waals surface area (Å²) in [6.07, 6.45) is 28.6. The van der Waals surface area contributed by atoms with Crippen molar-refractivity contribution in [3.63, 3.8) is 0 Å². The highest BCUT2D eigenvalue weighted by atomic mass is 31.2. The van der Waals surface area contributed by atoms with E-state index in [0.29, 0.717) is 6.61 Å². The Labute approximate surface area is 161 Å². The van der Waals surface area contributed by atoms with Crippen LogP contribution in [0.15, 0.2) is 48.6 Å². The van der Waals surface area contributed by atoms with Gasteiger partial charge in [0.2, 0.25) is 0 Å². The van der Waals surface area contributed by atoms with E-state index in [4.69, 9.17) is 4.52 Å². The number of halogens is 1. The van der Waals surface area contributed by atoms with Crippen LogP contribution < -0.4 is 0 Å². The summed E-state index contributed by atoms with van der Waals surface area (Å²) >= 11 is 0. The van der Waals surface area contributed by atoms with E-state index in [9.17, 15) is 4.20 Å². The first kappa shape index (κ1) is 25.2. The molecule has 26 heavy (non-hydrogen) atoms. The van der Waals surface area contributed by atoms with Crippen LogP contribution in [0.25, 0.3) is 0 Å². The smallest absolute Gasteiger partial charge is 0.307 e. The zero-order valence-electron chi connectivity index (χ0n) is 16.4. The van der Waals surface area contributed by atoms with Gasteiger partial charge < -0.3 is 4.52 Å². The molecule has 0 saturated heterocycles. The molecule has 0 aliphatic carbocycles. The molecular formula is C21H36FO3P. The maximum atomic E-state index is 12.8. The Bertz CT molecular complexity index is 395. The zero-order chi connectivity index (χ0) is 19.1. The van der Waals surface area contributed by atoms with Crippen LogP contribution in [0.4, 0.5) is 4.20 Å². The van der Waals surface area contributed by atoms with Crippen molar-refractivity contribution in [2.75, 3.05) is 13.7 Å². The summed E-state index contributed by atoms with van der Waals surface area (Å²) < 4.78 is 21.8. The van der Waals surface area contributed by atoms with Gasteiger partial charge in [-0.15, -0.1) is 4.67 Å². The predicted molar refractivity (Wildman–Crippen MR) is 110 cm³/mol. The van der Waals surface area contributed by atoms with Crippen LogP contribution in [-0.4, -0.2) is 13.7 Å². The Hall–Kier alpha value is -0.800. The summed E-state index contributed by atoms with van der Waals surface area (Å²) in [6, 6.07) is 0. The van der Waals surface area contributed by atoms with E-state index in [-0.39, 0.29) is 0 Å². The molecule has 0 aliphatic heterocycles. The zero-order valence-corrected chi connectivity index (χ0v) is 17.3. The van der Waals surface area contributed by atoms with Crippen LogP contribution in [-0.2, 0) is 14.1 Å². The SMILES string of the molecule is CCCCC/C=C\C/C=C\C/C=C\C/C=C\CCCCOP(F)OOC. The number of hydrogen-bond acceptors (Lipinski definition) is 3. The summed E-state index contributed by atoms with van der Waals surface area (Å²) in [6.45, 7) is 2.59. The number of hydrogen-bond donors (Lipinski definition) is 0. The van der Waals surface area contributed by atoms with Crippen LogP contribution in [0.5, 0.6) is 0 Å². The van der Waals surface area contributed by atoms with Crippen molar-refractivity contribution in [3.05, 3.63) is 48.6 Å². The summed E-state index contributed by atoms with van der Waals surface area (Å²) in [7, 11) is -1.12. The molecule has 0 spiro atoms. The van der Waals surface area contributed by atoms with E-state index in [1.165, 1.54) is 32.8 Å². The average molecular weight is 386 g/mol. The van der Waals surface area contributed by atoms with Crippen molar-refractivity contribution < 1.29 is 18.3 Å². The Morgan fingerprint density at radius 1 is 0.731 bits per heavy atom. The molecule has 3 nitrogen and oxygen atoms in total. The van der Waals surface area contributed by atoms with Crippen LogP contribution in [0.3, 0.4) is 0 Å². The van der Waals surface area contributed by atoms with Crippen molar-refractivity contribution in [3.8, 4) is 0 Å². The molecule has 0 fully saturated rings. The normalized spacial score (nSPS) is 13.8. The van der Waals surface area contributed by atoms with Gasteiger partial charge in [0.25, 0.3) is 0 Å². The lowest BCUT2D eigenvalue weighted by atomic mass is 10.2. The minimum Gasteiger partial charge on any atom is -0.307 e. The molecule has 0 aromatic heterocycles. The van der Waals surface area contributed by atoms with Gasteiger partial charge in [0.15, 0.2) is 0 Å². The average Bonchev–Trinajstić information content (AvgIpc) is 2.64. The predicted octanol–water partition coefficient (Wildman–Crippen LogP) is 7.92. The highest BCUT2D eigenvalue weighted by Gasteiger charge is 2.08. The molecule has 0 aromatic carbocycles. The Kier molecular flexibility index (Phi) is 21.6. The van der Waals surface area contributed by atoms with Crippen LogP contribution in [0, 0.1) is 0 Å². The van der Waals surface area contributed by atoms with Crippen molar-refractivity contribution in [2.45, 2.75) is 71.1 Å². The van der Waals surface area contributed by atoms with Crippen molar-refractivity contribution in [1.82, 2.24) is 0 Å². The third kappa shape index (κ3) is 21.2. The van der Waals surface area contributed by atoms with Crippen LogP contribution in [0.1, 0.15) is 71.1 Å². The lowest BCUT2D eigenvalue weighted by Gasteiger charge is -2.04. The van der Waals surface area contributed by atoms with Gasteiger partial charge in [0.1, 0.15) is 0 Å². The fourth-order valence-corrected chi connectivity index (χ4v) is 2.57. The third-order valence-electron chi connectivity index (χ3n) is 3.55. The minimum absolute atomic E-state index is 0.361. The first-order valence-electron chi connectivity index (χ1n) is 9.70. The van der Waals surface area contributed by atoms with E-state index < -0.39 is 8.69 Å². The lowest BCUT2D eigenvalue weighted by molar-refractivity contribution is -0.184. The standard InChI is InChI=1S/C21H36FO3P/c1-3-4-5-6-7-8-9-10-11-12-13-14-15-16-17-18-19-20-21-24-26(22)25-23-2/h7-8,10-11,13-14,16-17H,3-6,9,12,15,18-21H2,1-2H3/b8-7-,11-10-,14-13-,17-16-. The molecule has 0 aliphatic rings. The molecule has 5 heteroatoms. The molecule has 0 radical (unpaired) electrons. The molecule has 0 bridgehead atoms. The minimum atomic E-state index is -2.38. The molecule has 1 unspecified atom stereocenters. The largest absolute Gasteiger partial charge is 0.403 e. The van der Waals surface area contributed by atoms with Crippen molar-refractivity contribution in [2.24, 2.45) is 0 Å². The first-order chi connectivity index (χ1) is 12.8. The topological polar surface area (TPSA) is 27.7 Å². The van der Waals surface area contributed by atoms with Crippen LogP contribution in [0.2, 0.25) is 0 Å².